The molecule has 0 radical (unpaired) electrons. The lowest BCUT2D eigenvalue weighted by molar-refractivity contribution is 0.378. The molecule has 0 fully saturated rings. The van der Waals surface area contributed by atoms with Crippen molar-refractivity contribution in [1.82, 2.24) is 20.8 Å². The second kappa shape index (κ2) is 12.5. The lowest BCUT2D eigenvalue weighted by Gasteiger charge is -2.12. The average molecular weight is 556 g/mol. The maximum absolute atomic E-state index is 6.02. The van der Waals surface area contributed by atoms with Gasteiger partial charge in [-0.2, -0.15) is 4.98 Å². The van der Waals surface area contributed by atoms with E-state index in [0.717, 1.165) is 35.8 Å². The van der Waals surface area contributed by atoms with E-state index in [1.165, 1.54) is 5.56 Å². The molecule has 7 nitrogen and oxygen atoms in total. The van der Waals surface area contributed by atoms with Gasteiger partial charge in [0, 0.05) is 37.1 Å². The summed E-state index contributed by atoms with van der Waals surface area (Å²) in [5.74, 6) is 2.72. The lowest BCUT2D eigenvalue weighted by Crippen LogP contribution is -2.39. The van der Waals surface area contributed by atoms with E-state index in [1.807, 2.05) is 31.2 Å². The van der Waals surface area contributed by atoms with Gasteiger partial charge in [0.2, 0.25) is 11.7 Å². The Labute approximate surface area is 204 Å². The number of guanidine groups is 1. The van der Waals surface area contributed by atoms with E-state index in [1.54, 1.807) is 14.2 Å². The van der Waals surface area contributed by atoms with Crippen LogP contribution in [-0.2, 0) is 12.8 Å². The number of nitrogens with one attached hydrogen (secondary N) is 2. The molecular weight excluding hydrogens is 529 g/mol. The number of ether oxygens (including phenoxy) is 1. The van der Waals surface area contributed by atoms with Crippen LogP contribution in [0.2, 0.25) is 5.02 Å². The van der Waals surface area contributed by atoms with Crippen molar-refractivity contribution in [3.63, 3.8) is 0 Å². The van der Waals surface area contributed by atoms with E-state index in [-0.39, 0.29) is 24.0 Å². The molecule has 0 bridgehead atoms. The zero-order chi connectivity index (χ0) is 21.3. The van der Waals surface area contributed by atoms with Crippen molar-refractivity contribution in [1.29, 1.82) is 0 Å². The lowest BCUT2D eigenvalue weighted by atomic mass is 10.1. The van der Waals surface area contributed by atoms with Crippen LogP contribution in [0.25, 0.3) is 11.4 Å². The Morgan fingerprint density at radius 1 is 1.13 bits per heavy atom. The summed E-state index contributed by atoms with van der Waals surface area (Å²) in [4.78, 5) is 8.67. The quantitative estimate of drug-likeness (QED) is 0.245. The Balaban J connectivity index is 0.00000341. The first kappa shape index (κ1) is 24.9. The van der Waals surface area contributed by atoms with Gasteiger partial charge in [-0.05, 0) is 42.7 Å². The van der Waals surface area contributed by atoms with Gasteiger partial charge in [0.1, 0.15) is 5.75 Å². The minimum Gasteiger partial charge on any atom is -0.496 e. The fraction of sp³-hybridized carbons (Fsp3) is 0.318. The average Bonchev–Trinajstić information content (AvgIpc) is 3.22. The van der Waals surface area contributed by atoms with Crippen LogP contribution < -0.4 is 15.4 Å². The van der Waals surface area contributed by atoms with Gasteiger partial charge in [-0.3, -0.25) is 4.99 Å². The van der Waals surface area contributed by atoms with E-state index in [2.05, 4.69) is 44.0 Å². The molecule has 2 N–H and O–H groups in total. The molecule has 0 amide bonds. The minimum absolute atomic E-state index is 0. The molecule has 166 valence electrons. The van der Waals surface area contributed by atoms with E-state index in [4.69, 9.17) is 20.9 Å². The van der Waals surface area contributed by atoms with Crippen LogP contribution >= 0.6 is 35.6 Å². The highest BCUT2D eigenvalue weighted by Gasteiger charge is 2.09. The number of hydrogen-bond acceptors (Lipinski definition) is 5. The maximum atomic E-state index is 6.02. The Morgan fingerprint density at radius 2 is 1.90 bits per heavy atom. The molecule has 9 heteroatoms. The molecule has 2 aromatic carbocycles. The highest BCUT2D eigenvalue weighted by molar-refractivity contribution is 14.0. The van der Waals surface area contributed by atoms with Crippen LogP contribution in [0.5, 0.6) is 5.75 Å². The van der Waals surface area contributed by atoms with Gasteiger partial charge in [-0.15, -0.1) is 24.0 Å². The summed E-state index contributed by atoms with van der Waals surface area (Å²) in [6, 6.07) is 13.6. The van der Waals surface area contributed by atoms with Crippen molar-refractivity contribution >= 4 is 41.5 Å². The Kier molecular flexibility index (Phi) is 10.1. The van der Waals surface area contributed by atoms with Crippen LogP contribution in [0.3, 0.4) is 0 Å². The first-order valence-corrected chi connectivity index (χ1v) is 10.1. The Morgan fingerprint density at radius 3 is 2.61 bits per heavy atom. The van der Waals surface area contributed by atoms with Crippen molar-refractivity contribution in [2.45, 2.75) is 19.8 Å². The predicted molar refractivity (Wildman–Crippen MR) is 135 cm³/mol. The van der Waals surface area contributed by atoms with Crippen molar-refractivity contribution in [3.05, 3.63) is 64.5 Å². The Bertz CT molecular complexity index is 1010. The van der Waals surface area contributed by atoms with Crippen molar-refractivity contribution in [3.8, 4) is 17.1 Å². The summed E-state index contributed by atoms with van der Waals surface area (Å²) in [5.41, 5.74) is 3.17. The number of rotatable bonds is 8. The molecule has 0 aliphatic carbocycles. The number of benzene rings is 2. The zero-order valence-electron chi connectivity index (χ0n) is 17.8. The van der Waals surface area contributed by atoms with Crippen LogP contribution in [0.4, 0.5) is 0 Å². The summed E-state index contributed by atoms with van der Waals surface area (Å²) in [5, 5.41) is 11.2. The molecule has 0 unspecified atom stereocenters. The third-order valence-corrected chi connectivity index (χ3v) is 4.82. The number of aromatic nitrogens is 2. The molecule has 1 heterocycles. The standard InChI is InChI=1S/C22H26ClN5O2.HI/c1-15-7-8-16(13-19(15)29-3)9-11-25-22(24-2)26-12-10-20-27-21(28-30-20)17-5-4-6-18(23)14-17;/h4-8,13-14H,9-12H2,1-3H3,(H2,24,25,26);1H. The third-order valence-electron chi connectivity index (χ3n) is 4.58. The topological polar surface area (TPSA) is 84.6 Å². The van der Waals surface area contributed by atoms with Crippen LogP contribution in [0.15, 0.2) is 52.0 Å². The van der Waals surface area contributed by atoms with E-state index in [9.17, 15) is 0 Å². The Hall–Kier alpha value is -2.33. The monoisotopic (exact) mass is 555 g/mol. The summed E-state index contributed by atoms with van der Waals surface area (Å²) in [7, 11) is 3.44. The molecule has 0 saturated carbocycles. The summed E-state index contributed by atoms with van der Waals surface area (Å²) >= 11 is 6.02. The maximum Gasteiger partial charge on any atom is 0.228 e. The molecule has 31 heavy (non-hydrogen) atoms. The van der Waals surface area contributed by atoms with Gasteiger partial charge in [-0.1, -0.05) is 41.0 Å². The number of halogens is 2. The van der Waals surface area contributed by atoms with Crippen LogP contribution in [-0.4, -0.2) is 43.3 Å². The molecule has 0 spiro atoms. The molecule has 1 aromatic heterocycles. The first-order valence-electron chi connectivity index (χ1n) is 9.75. The number of methoxy groups -OCH3 is 1. The highest BCUT2D eigenvalue weighted by atomic mass is 127. The molecule has 0 aliphatic rings. The SMILES string of the molecule is CN=C(NCCc1ccc(C)c(OC)c1)NCCc1nc(-c2cccc(Cl)c2)no1.I. The molecule has 3 aromatic rings. The molecule has 0 saturated heterocycles. The van der Waals surface area contributed by atoms with E-state index in [0.29, 0.717) is 29.7 Å². The summed E-state index contributed by atoms with van der Waals surface area (Å²) < 4.78 is 10.7. The first-order chi connectivity index (χ1) is 14.6. The third kappa shape index (κ3) is 7.39. The largest absolute Gasteiger partial charge is 0.496 e. The minimum atomic E-state index is 0. The molecule has 3 rings (SSSR count). The fourth-order valence-corrected chi connectivity index (χ4v) is 3.15. The zero-order valence-corrected chi connectivity index (χ0v) is 20.9. The molecule has 0 aliphatic heterocycles. The molecular formula is C22H27ClIN5O2. The predicted octanol–water partition coefficient (Wildman–Crippen LogP) is 4.28. The van der Waals surface area contributed by atoms with Gasteiger partial charge in [0.05, 0.1) is 7.11 Å². The van der Waals surface area contributed by atoms with E-state index < -0.39 is 0 Å². The van der Waals surface area contributed by atoms with Gasteiger partial charge >= 0.3 is 0 Å². The smallest absolute Gasteiger partial charge is 0.228 e. The molecule has 0 atom stereocenters. The summed E-state index contributed by atoms with van der Waals surface area (Å²) in [6.07, 6.45) is 1.45. The highest BCUT2D eigenvalue weighted by Crippen LogP contribution is 2.20. The number of aryl methyl sites for hydroxylation is 1. The van der Waals surface area contributed by atoms with Gasteiger partial charge in [0.15, 0.2) is 5.96 Å². The number of aliphatic imine (C=N–C) groups is 1. The fourth-order valence-electron chi connectivity index (χ4n) is 2.95. The van der Waals surface area contributed by atoms with Crippen molar-refractivity contribution in [2.24, 2.45) is 4.99 Å². The van der Waals surface area contributed by atoms with Gasteiger partial charge < -0.3 is 19.9 Å². The van der Waals surface area contributed by atoms with Gasteiger partial charge in [-0.25, -0.2) is 0 Å². The number of nitrogens with zero attached hydrogens (tertiary/aromatic N) is 3. The van der Waals surface area contributed by atoms with E-state index >= 15 is 0 Å². The number of hydrogen-bond donors (Lipinski definition) is 2. The normalized spacial score (nSPS) is 11.0. The van der Waals surface area contributed by atoms with Crippen LogP contribution in [0.1, 0.15) is 17.0 Å². The van der Waals surface area contributed by atoms with Crippen molar-refractivity contribution in [2.75, 3.05) is 27.2 Å². The second-order valence-corrected chi connectivity index (χ2v) is 7.19. The van der Waals surface area contributed by atoms with Crippen LogP contribution in [0, 0.1) is 6.92 Å². The summed E-state index contributed by atoms with van der Waals surface area (Å²) in [6.45, 7) is 3.41. The van der Waals surface area contributed by atoms with Gasteiger partial charge in [0.25, 0.3) is 0 Å². The second-order valence-electron chi connectivity index (χ2n) is 6.75. The van der Waals surface area contributed by atoms with Crippen molar-refractivity contribution < 1.29 is 9.26 Å².